The molecule has 0 bridgehead atoms. The summed E-state index contributed by atoms with van der Waals surface area (Å²) >= 11 is 0. The Morgan fingerprint density at radius 2 is 1.72 bits per heavy atom. The Bertz CT molecular complexity index is 966. The van der Waals surface area contributed by atoms with Crippen LogP contribution in [0.4, 0.5) is 11.4 Å². The molecule has 150 valence electrons. The van der Waals surface area contributed by atoms with Gasteiger partial charge in [0, 0.05) is 17.8 Å². The molecule has 0 saturated carbocycles. The molecule has 2 aromatic carbocycles. The number of rotatable bonds is 7. The normalized spacial score (nSPS) is 13.4. The molecule has 1 heterocycles. The first kappa shape index (κ1) is 20.2. The molecular weight excluding hydrogens is 378 g/mol. The van der Waals surface area contributed by atoms with Crippen LogP contribution in [0.5, 0.6) is 0 Å². The number of carbonyl (C=O) groups is 3. The van der Waals surface area contributed by atoms with Crippen molar-refractivity contribution in [3.8, 4) is 0 Å². The van der Waals surface area contributed by atoms with E-state index in [0.717, 1.165) is 4.90 Å². The third-order valence-corrected chi connectivity index (χ3v) is 4.43. The van der Waals surface area contributed by atoms with E-state index in [9.17, 15) is 24.5 Å². The first-order chi connectivity index (χ1) is 13.7. The van der Waals surface area contributed by atoms with Crippen LogP contribution in [0.2, 0.25) is 0 Å². The number of hydrogen-bond donors (Lipinski definition) is 1. The summed E-state index contributed by atoms with van der Waals surface area (Å²) in [7, 11) is 0. The molecule has 0 saturated heterocycles. The minimum absolute atomic E-state index is 0.0547. The molecule has 29 heavy (non-hydrogen) atoms. The van der Waals surface area contributed by atoms with Crippen molar-refractivity contribution in [2.45, 2.75) is 19.4 Å². The van der Waals surface area contributed by atoms with E-state index >= 15 is 0 Å². The lowest BCUT2D eigenvalue weighted by molar-refractivity contribution is -0.384. The van der Waals surface area contributed by atoms with Gasteiger partial charge in [-0.25, -0.2) is 0 Å². The predicted octanol–water partition coefficient (Wildman–Crippen LogP) is 2.62. The average Bonchev–Trinajstić information content (AvgIpc) is 2.93. The number of anilines is 1. The van der Waals surface area contributed by atoms with Crippen LogP contribution in [0.25, 0.3) is 0 Å². The number of benzene rings is 2. The second-order valence-electron chi connectivity index (χ2n) is 7.15. The SMILES string of the molecule is CC(C)(COCC(=O)Nc1cccc([N+](=O)[O-])c1)N1C(=O)c2ccccc2C1=O. The van der Waals surface area contributed by atoms with Gasteiger partial charge < -0.3 is 10.1 Å². The van der Waals surface area contributed by atoms with E-state index in [2.05, 4.69) is 5.32 Å². The lowest BCUT2D eigenvalue weighted by Gasteiger charge is -2.33. The Labute approximate surface area is 166 Å². The van der Waals surface area contributed by atoms with Gasteiger partial charge in [0.05, 0.1) is 28.2 Å². The molecule has 0 spiro atoms. The number of ether oxygens (including phenoxy) is 1. The summed E-state index contributed by atoms with van der Waals surface area (Å²) in [6.07, 6.45) is 0. The molecule has 9 heteroatoms. The Morgan fingerprint density at radius 3 is 2.31 bits per heavy atom. The first-order valence-corrected chi connectivity index (χ1v) is 8.81. The number of non-ortho nitro benzene ring substituents is 1. The van der Waals surface area contributed by atoms with Crippen LogP contribution < -0.4 is 5.32 Å². The van der Waals surface area contributed by atoms with Crippen molar-refractivity contribution in [1.82, 2.24) is 4.90 Å². The minimum atomic E-state index is -0.973. The van der Waals surface area contributed by atoms with Crippen LogP contribution in [-0.4, -0.2) is 46.3 Å². The number of nitrogens with one attached hydrogen (secondary N) is 1. The molecule has 1 aliphatic rings. The topological polar surface area (TPSA) is 119 Å². The van der Waals surface area contributed by atoms with Crippen LogP contribution in [0.15, 0.2) is 48.5 Å². The molecule has 1 aliphatic heterocycles. The fourth-order valence-electron chi connectivity index (χ4n) is 3.09. The monoisotopic (exact) mass is 397 g/mol. The Balaban J connectivity index is 1.58. The molecule has 0 aromatic heterocycles. The molecule has 0 atom stereocenters. The fourth-order valence-corrected chi connectivity index (χ4v) is 3.09. The number of nitro groups is 1. The van der Waals surface area contributed by atoms with Crippen molar-refractivity contribution in [2.75, 3.05) is 18.5 Å². The number of hydrogen-bond acceptors (Lipinski definition) is 6. The zero-order valence-corrected chi connectivity index (χ0v) is 15.9. The zero-order chi connectivity index (χ0) is 21.2. The number of fused-ring (bicyclic) bond motifs is 1. The number of carbonyl (C=O) groups excluding carboxylic acids is 3. The van der Waals surface area contributed by atoms with Gasteiger partial charge in [-0.2, -0.15) is 0 Å². The second-order valence-corrected chi connectivity index (χ2v) is 7.15. The smallest absolute Gasteiger partial charge is 0.271 e. The first-order valence-electron chi connectivity index (χ1n) is 8.81. The van der Waals surface area contributed by atoms with Crippen LogP contribution in [0.1, 0.15) is 34.6 Å². The third kappa shape index (κ3) is 4.14. The maximum atomic E-state index is 12.6. The van der Waals surface area contributed by atoms with Crippen LogP contribution in [0, 0.1) is 10.1 Å². The average molecular weight is 397 g/mol. The summed E-state index contributed by atoms with van der Waals surface area (Å²) in [6, 6.07) is 12.1. The van der Waals surface area contributed by atoms with Gasteiger partial charge in [-0.3, -0.25) is 29.4 Å². The zero-order valence-electron chi connectivity index (χ0n) is 15.9. The largest absolute Gasteiger partial charge is 0.369 e. The Morgan fingerprint density at radius 1 is 1.10 bits per heavy atom. The predicted molar refractivity (Wildman–Crippen MR) is 104 cm³/mol. The number of imide groups is 1. The van der Waals surface area contributed by atoms with Crippen LogP contribution in [-0.2, 0) is 9.53 Å². The standard InChI is InChI=1S/C20H19N3O6/c1-20(2,22-18(25)15-8-3-4-9-16(15)19(22)26)12-29-11-17(24)21-13-6-5-7-14(10-13)23(27)28/h3-10H,11-12H2,1-2H3,(H,21,24). The summed E-state index contributed by atoms with van der Waals surface area (Å²) in [5.74, 6) is -1.32. The minimum Gasteiger partial charge on any atom is -0.369 e. The van der Waals surface area contributed by atoms with Crippen molar-refractivity contribution in [3.63, 3.8) is 0 Å². The third-order valence-electron chi connectivity index (χ3n) is 4.43. The molecule has 2 aromatic rings. The van der Waals surface area contributed by atoms with Crippen LogP contribution in [0.3, 0.4) is 0 Å². The van der Waals surface area contributed by atoms with E-state index in [1.165, 1.54) is 24.3 Å². The van der Waals surface area contributed by atoms with E-state index < -0.39 is 28.2 Å². The molecule has 1 N–H and O–H groups in total. The molecule has 0 aliphatic carbocycles. The highest BCUT2D eigenvalue weighted by Gasteiger charge is 2.44. The summed E-state index contributed by atoms with van der Waals surface area (Å²) in [6.45, 7) is 2.95. The maximum absolute atomic E-state index is 12.6. The number of nitro benzene ring substituents is 1. The quantitative estimate of drug-likeness (QED) is 0.436. The van der Waals surface area contributed by atoms with Gasteiger partial charge >= 0.3 is 0 Å². The summed E-state index contributed by atoms with van der Waals surface area (Å²) in [5.41, 5.74) is -0.162. The second kappa shape index (κ2) is 7.80. The Hall–Kier alpha value is -3.59. The summed E-state index contributed by atoms with van der Waals surface area (Å²) in [4.78, 5) is 48.6. The summed E-state index contributed by atoms with van der Waals surface area (Å²) in [5, 5.41) is 13.3. The van der Waals surface area contributed by atoms with E-state index in [1.807, 2.05) is 0 Å². The van der Waals surface area contributed by atoms with E-state index in [1.54, 1.807) is 38.1 Å². The maximum Gasteiger partial charge on any atom is 0.271 e. The van der Waals surface area contributed by atoms with E-state index in [0.29, 0.717) is 11.1 Å². The highest BCUT2D eigenvalue weighted by atomic mass is 16.6. The highest BCUT2D eigenvalue weighted by Crippen LogP contribution is 2.29. The molecule has 9 nitrogen and oxygen atoms in total. The van der Waals surface area contributed by atoms with Crippen molar-refractivity contribution < 1.29 is 24.0 Å². The number of amides is 3. The van der Waals surface area contributed by atoms with Gasteiger partial charge in [0.1, 0.15) is 6.61 Å². The van der Waals surface area contributed by atoms with Crippen molar-refractivity contribution in [3.05, 3.63) is 69.8 Å². The van der Waals surface area contributed by atoms with E-state index in [-0.39, 0.29) is 24.6 Å². The van der Waals surface area contributed by atoms with Gasteiger partial charge in [-0.05, 0) is 32.0 Å². The van der Waals surface area contributed by atoms with Gasteiger partial charge in [0.25, 0.3) is 17.5 Å². The van der Waals surface area contributed by atoms with E-state index in [4.69, 9.17) is 4.74 Å². The summed E-state index contributed by atoms with van der Waals surface area (Å²) < 4.78 is 5.43. The Kier molecular flexibility index (Phi) is 5.42. The fraction of sp³-hybridized carbons (Fsp3) is 0.250. The van der Waals surface area contributed by atoms with Gasteiger partial charge in [0.2, 0.25) is 5.91 Å². The van der Waals surface area contributed by atoms with Gasteiger partial charge in [-0.15, -0.1) is 0 Å². The van der Waals surface area contributed by atoms with Crippen molar-refractivity contribution >= 4 is 29.1 Å². The lowest BCUT2D eigenvalue weighted by Crippen LogP contribution is -2.50. The van der Waals surface area contributed by atoms with Crippen LogP contribution >= 0.6 is 0 Å². The molecule has 0 fully saturated rings. The van der Waals surface area contributed by atoms with Gasteiger partial charge in [0.15, 0.2) is 0 Å². The highest BCUT2D eigenvalue weighted by molar-refractivity contribution is 6.21. The van der Waals surface area contributed by atoms with Crippen molar-refractivity contribution in [1.29, 1.82) is 0 Å². The van der Waals surface area contributed by atoms with Gasteiger partial charge in [-0.1, -0.05) is 18.2 Å². The van der Waals surface area contributed by atoms with Crippen molar-refractivity contribution in [2.24, 2.45) is 0 Å². The molecule has 0 radical (unpaired) electrons. The molecule has 3 rings (SSSR count). The molecule has 0 unspecified atom stereocenters. The molecular formula is C20H19N3O6. The number of nitrogens with zero attached hydrogens (tertiary/aromatic N) is 2. The lowest BCUT2D eigenvalue weighted by atomic mass is 10.0. The molecule has 3 amide bonds.